The van der Waals surface area contributed by atoms with Crippen LogP contribution in [0.25, 0.3) is 0 Å². The predicted molar refractivity (Wildman–Crippen MR) is 112 cm³/mol. The second-order valence-electron chi connectivity index (χ2n) is 8.41. The van der Waals surface area contributed by atoms with Crippen molar-refractivity contribution < 1.29 is 15.0 Å². The van der Waals surface area contributed by atoms with Gasteiger partial charge in [-0.1, -0.05) is 44.2 Å². The number of phenols is 2. The third kappa shape index (κ3) is 4.67. The number of likely N-dealkylation sites (tertiary alicyclic amines) is 1. The van der Waals surface area contributed by atoms with Crippen LogP contribution < -0.4 is 0 Å². The average Bonchev–Trinajstić information content (AvgIpc) is 2.69. The number of rotatable bonds is 5. The highest BCUT2D eigenvalue weighted by atomic mass is 16.3. The largest absolute Gasteiger partial charge is 0.504 e. The molecule has 2 aromatic rings. The summed E-state index contributed by atoms with van der Waals surface area (Å²) in [6.45, 7) is 7.86. The van der Waals surface area contributed by atoms with Crippen LogP contribution in [0, 0.1) is 5.92 Å². The molecule has 1 heterocycles. The summed E-state index contributed by atoms with van der Waals surface area (Å²) < 4.78 is 0. The first kappa shape index (κ1) is 20.2. The van der Waals surface area contributed by atoms with Crippen molar-refractivity contribution in [2.45, 2.75) is 51.9 Å². The van der Waals surface area contributed by atoms with Gasteiger partial charge in [0.25, 0.3) is 0 Å². The Morgan fingerprint density at radius 3 is 2.21 bits per heavy atom. The van der Waals surface area contributed by atoms with Crippen molar-refractivity contribution in [1.29, 1.82) is 0 Å². The highest BCUT2D eigenvalue weighted by molar-refractivity contribution is 5.83. The molecular formula is C24H31NO3. The number of carbonyl (C=O) groups excluding carboxylic acids is 1. The van der Waals surface area contributed by atoms with Crippen molar-refractivity contribution in [3.63, 3.8) is 0 Å². The summed E-state index contributed by atoms with van der Waals surface area (Å²) in [6, 6.07) is 13.5. The summed E-state index contributed by atoms with van der Waals surface area (Å²) >= 11 is 0. The Kier molecular flexibility index (Phi) is 6.28. The van der Waals surface area contributed by atoms with Gasteiger partial charge >= 0.3 is 0 Å². The van der Waals surface area contributed by atoms with Gasteiger partial charge in [-0.2, -0.15) is 0 Å². The van der Waals surface area contributed by atoms with Gasteiger partial charge in [-0.3, -0.25) is 4.79 Å². The Balaban J connectivity index is 1.59. The molecular weight excluding hydrogens is 350 g/mol. The number of hydrogen-bond donors (Lipinski definition) is 2. The zero-order valence-electron chi connectivity index (χ0n) is 17.1. The van der Waals surface area contributed by atoms with Crippen LogP contribution in [-0.4, -0.2) is 34.1 Å². The van der Waals surface area contributed by atoms with Gasteiger partial charge in [0.2, 0.25) is 5.91 Å². The second kappa shape index (κ2) is 8.68. The number of nitrogens with zero attached hydrogens (tertiary/aromatic N) is 1. The van der Waals surface area contributed by atoms with E-state index in [0.29, 0.717) is 11.8 Å². The minimum Gasteiger partial charge on any atom is -0.504 e. The Hall–Kier alpha value is -2.49. The molecule has 0 aromatic heterocycles. The van der Waals surface area contributed by atoms with E-state index < -0.39 is 0 Å². The van der Waals surface area contributed by atoms with Crippen molar-refractivity contribution in [2.75, 3.05) is 13.1 Å². The highest BCUT2D eigenvalue weighted by Crippen LogP contribution is 2.34. The van der Waals surface area contributed by atoms with E-state index >= 15 is 0 Å². The molecule has 1 atom stereocenters. The number of aromatic hydroxyl groups is 2. The van der Waals surface area contributed by atoms with Crippen LogP contribution in [0.2, 0.25) is 0 Å². The fraction of sp³-hybridized carbons (Fsp3) is 0.458. The molecule has 28 heavy (non-hydrogen) atoms. The second-order valence-corrected chi connectivity index (χ2v) is 8.41. The minimum atomic E-state index is -0.137. The first-order valence-electron chi connectivity index (χ1n) is 10.2. The number of piperidine rings is 1. The van der Waals surface area contributed by atoms with Crippen LogP contribution in [0.15, 0.2) is 42.5 Å². The molecule has 3 rings (SSSR count). The lowest BCUT2D eigenvalue weighted by Gasteiger charge is -2.34. The summed E-state index contributed by atoms with van der Waals surface area (Å²) in [4.78, 5) is 14.9. The number of hydrogen-bond acceptors (Lipinski definition) is 3. The standard InChI is InChI=1S/C24H31NO3/c1-16(2)14-18-4-6-19(7-5-18)17(3)24(28)25-12-10-20(11-13-25)21-8-9-22(26)23(27)15-21/h4-9,15-17,20,26-27H,10-14H2,1-3H3. The van der Waals surface area contributed by atoms with Gasteiger partial charge in [0, 0.05) is 13.1 Å². The van der Waals surface area contributed by atoms with Gasteiger partial charge in [0.15, 0.2) is 11.5 Å². The molecule has 1 unspecified atom stereocenters. The Morgan fingerprint density at radius 1 is 1.00 bits per heavy atom. The summed E-state index contributed by atoms with van der Waals surface area (Å²) in [5.41, 5.74) is 3.41. The van der Waals surface area contributed by atoms with Crippen LogP contribution in [0.5, 0.6) is 11.5 Å². The monoisotopic (exact) mass is 381 g/mol. The molecule has 0 aliphatic carbocycles. The smallest absolute Gasteiger partial charge is 0.229 e. The average molecular weight is 382 g/mol. The first-order chi connectivity index (χ1) is 13.3. The van der Waals surface area contributed by atoms with Crippen molar-refractivity contribution in [1.82, 2.24) is 4.90 Å². The van der Waals surface area contributed by atoms with E-state index in [1.165, 1.54) is 11.6 Å². The molecule has 1 aliphatic heterocycles. The number of benzene rings is 2. The zero-order chi connectivity index (χ0) is 20.3. The van der Waals surface area contributed by atoms with E-state index in [9.17, 15) is 15.0 Å². The summed E-state index contributed by atoms with van der Waals surface area (Å²) in [6.07, 6.45) is 2.80. The lowest BCUT2D eigenvalue weighted by molar-refractivity contribution is -0.133. The van der Waals surface area contributed by atoms with E-state index in [0.717, 1.165) is 43.5 Å². The molecule has 2 N–H and O–H groups in total. The molecule has 1 aliphatic rings. The number of phenolic OH excluding ortho intramolecular Hbond substituents is 2. The number of amides is 1. The molecule has 0 radical (unpaired) electrons. The Bertz CT molecular complexity index is 805. The van der Waals surface area contributed by atoms with E-state index in [1.807, 2.05) is 17.9 Å². The fourth-order valence-electron chi connectivity index (χ4n) is 4.06. The molecule has 1 saturated heterocycles. The fourth-order valence-corrected chi connectivity index (χ4v) is 4.06. The van der Waals surface area contributed by atoms with Gasteiger partial charge in [-0.05, 0) is 66.8 Å². The van der Waals surface area contributed by atoms with Gasteiger partial charge < -0.3 is 15.1 Å². The van der Waals surface area contributed by atoms with Crippen LogP contribution in [-0.2, 0) is 11.2 Å². The lowest BCUT2D eigenvalue weighted by atomic mass is 9.88. The lowest BCUT2D eigenvalue weighted by Crippen LogP contribution is -2.40. The third-order valence-corrected chi connectivity index (χ3v) is 5.77. The zero-order valence-corrected chi connectivity index (χ0v) is 17.1. The SMILES string of the molecule is CC(C)Cc1ccc(C(C)C(=O)N2CCC(c3ccc(O)c(O)c3)CC2)cc1. The van der Waals surface area contributed by atoms with E-state index in [-0.39, 0.29) is 23.3 Å². The van der Waals surface area contributed by atoms with Crippen molar-refractivity contribution >= 4 is 5.91 Å². The Morgan fingerprint density at radius 2 is 1.64 bits per heavy atom. The maximum absolute atomic E-state index is 13.0. The quantitative estimate of drug-likeness (QED) is 0.731. The highest BCUT2D eigenvalue weighted by Gasteiger charge is 2.27. The topological polar surface area (TPSA) is 60.8 Å². The molecule has 4 nitrogen and oxygen atoms in total. The maximum atomic E-state index is 13.0. The summed E-state index contributed by atoms with van der Waals surface area (Å²) in [5, 5.41) is 19.2. The van der Waals surface area contributed by atoms with Gasteiger partial charge in [-0.25, -0.2) is 0 Å². The Labute approximate surface area is 167 Å². The number of carbonyl (C=O) groups is 1. The normalized spacial score (nSPS) is 16.4. The third-order valence-electron chi connectivity index (χ3n) is 5.77. The molecule has 1 fully saturated rings. The van der Waals surface area contributed by atoms with Crippen molar-refractivity contribution in [3.8, 4) is 11.5 Å². The summed E-state index contributed by atoms with van der Waals surface area (Å²) in [7, 11) is 0. The van der Waals surface area contributed by atoms with Crippen LogP contribution in [0.1, 0.15) is 62.1 Å². The molecule has 1 amide bonds. The predicted octanol–water partition coefficient (Wildman–Crippen LogP) is 4.81. The van der Waals surface area contributed by atoms with E-state index in [1.54, 1.807) is 6.07 Å². The minimum absolute atomic E-state index is 0.0782. The van der Waals surface area contributed by atoms with Gasteiger partial charge in [0.1, 0.15) is 0 Å². The maximum Gasteiger partial charge on any atom is 0.229 e. The molecule has 0 spiro atoms. The van der Waals surface area contributed by atoms with Gasteiger partial charge in [0.05, 0.1) is 5.92 Å². The molecule has 150 valence electrons. The summed E-state index contributed by atoms with van der Waals surface area (Å²) in [5.74, 6) is 0.809. The molecule has 0 bridgehead atoms. The van der Waals surface area contributed by atoms with Crippen LogP contribution in [0.4, 0.5) is 0 Å². The van der Waals surface area contributed by atoms with E-state index in [2.05, 4.69) is 38.1 Å². The first-order valence-corrected chi connectivity index (χ1v) is 10.2. The van der Waals surface area contributed by atoms with Crippen molar-refractivity contribution in [2.24, 2.45) is 5.92 Å². The van der Waals surface area contributed by atoms with Crippen LogP contribution in [0.3, 0.4) is 0 Å². The van der Waals surface area contributed by atoms with Crippen LogP contribution >= 0.6 is 0 Å². The van der Waals surface area contributed by atoms with Crippen molar-refractivity contribution in [3.05, 3.63) is 59.2 Å². The molecule has 2 aromatic carbocycles. The van der Waals surface area contributed by atoms with Gasteiger partial charge in [-0.15, -0.1) is 0 Å². The van der Waals surface area contributed by atoms with E-state index in [4.69, 9.17) is 0 Å². The molecule has 0 saturated carbocycles. The molecule has 4 heteroatoms.